The highest BCUT2D eigenvalue weighted by Gasteiger charge is 2.20. The minimum atomic E-state index is -0.349. The number of nitrogens with zero attached hydrogens (tertiary/aromatic N) is 3. The van der Waals surface area contributed by atoms with E-state index in [9.17, 15) is 4.79 Å². The molecule has 0 atom stereocenters. The molecule has 0 unspecified atom stereocenters. The quantitative estimate of drug-likeness (QED) is 0.587. The fourth-order valence-electron chi connectivity index (χ4n) is 2.18. The average molecular weight is 387 g/mol. The number of hydrogen-bond donors (Lipinski definition) is 0. The Labute approximate surface area is 142 Å². The van der Waals surface area contributed by atoms with Gasteiger partial charge in [0, 0.05) is 12.4 Å². The van der Waals surface area contributed by atoms with Crippen molar-refractivity contribution in [3.05, 3.63) is 34.6 Å². The van der Waals surface area contributed by atoms with Crippen molar-refractivity contribution in [3.8, 4) is 0 Å². The van der Waals surface area contributed by atoms with E-state index in [2.05, 4.69) is 26.0 Å². The van der Waals surface area contributed by atoms with Crippen LogP contribution in [0.4, 0.5) is 0 Å². The molecule has 1 aliphatic rings. The topological polar surface area (TPSA) is 56.5 Å². The van der Waals surface area contributed by atoms with Gasteiger partial charge in [-0.3, -0.25) is 4.68 Å². The Bertz CT molecular complexity index is 642. The number of hydrogen-bond acceptors (Lipinski definition) is 4. The Morgan fingerprint density at radius 3 is 2.77 bits per heavy atom. The molecule has 2 heterocycles. The van der Waals surface area contributed by atoms with Crippen LogP contribution in [0.1, 0.15) is 25.5 Å². The number of esters is 1. The third-order valence-corrected chi connectivity index (χ3v) is 3.99. The van der Waals surface area contributed by atoms with Crippen LogP contribution in [-0.2, 0) is 16.6 Å². The number of aromatic nitrogens is 2. The average Bonchev–Trinajstić information content (AvgIpc) is 2.79. The van der Waals surface area contributed by atoms with E-state index in [1.54, 1.807) is 17.8 Å². The van der Waals surface area contributed by atoms with Crippen molar-refractivity contribution in [1.82, 2.24) is 9.78 Å². The molecule has 2 rings (SSSR count). The molecule has 0 saturated heterocycles. The number of carbonyl (C=O) groups is 1. The highest BCUT2D eigenvalue weighted by atomic mass is 79.9. The summed E-state index contributed by atoms with van der Waals surface area (Å²) in [6.45, 7) is 2.12. The van der Waals surface area contributed by atoms with Gasteiger partial charge in [-0.15, -0.1) is 0 Å². The van der Waals surface area contributed by atoms with E-state index in [0.717, 1.165) is 18.5 Å². The number of carbonyl (C=O) groups excluding carboxylic acids is 1. The number of rotatable bonds is 4. The molecule has 1 aromatic heterocycles. The monoisotopic (exact) mass is 385 g/mol. The standard InChI is InChI=1S/C15H17BrClN3O2/c1-3-22-15(21)10-6-4-5-7-12(19-13(10)8-16)14-11(17)9-18-20(14)2/h6-7,9H,3-5,8H2,1-2H3. The first-order chi connectivity index (χ1) is 10.6. The van der Waals surface area contributed by atoms with Gasteiger partial charge < -0.3 is 4.74 Å². The minimum Gasteiger partial charge on any atom is -0.462 e. The molecule has 0 N–H and O–H groups in total. The van der Waals surface area contributed by atoms with Crippen LogP contribution in [-0.4, -0.2) is 33.4 Å². The summed E-state index contributed by atoms with van der Waals surface area (Å²) in [4.78, 5) is 16.7. The molecule has 7 heteroatoms. The molecule has 0 amide bonds. The van der Waals surface area contributed by atoms with Crippen molar-refractivity contribution < 1.29 is 9.53 Å². The molecule has 0 bridgehead atoms. The fraction of sp³-hybridized carbons (Fsp3) is 0.400. The summed E-state index contributed by atoms with van der Waals surface area (Å²) in [5, 5.41) is 5.12. The SMILES string of the molecule is CCOC(=O)C1=CCCC=C(c2c(Cl)cnn2C)N=C1CBr. The molecule has 118 valence electrons. The molecule has 1 aliphatic heterocycles. The molecule has 1 aromatic rings. The van der Waals surface area contributed by atoms with Gasteiger partial charge in [0.2, 0.25) is 0 Å². The molecule has 22 heavy (non-hydrogen) atoms. The Morgan fingerprint density at radius 1 is 1.45 bits per heavy atom. The fourth-order valence-corrected chi connectivity index (χ4v) is 2.87. The lowest BCUT2D eigenvalue weighted by Crippen LogP contribution is -2.18. The van der Waals surface area contributed by atoms with Gasteiger partial charge >= 0.3 is 5.97 Å². The van der Waals surface area contributed by atoms with Crippen molar-refractivity contribution in [2.24, 2.45) is 12.0 Å². The van der Waals surface area contributed by atoms with Crippen molar-refractivity contribution in [2.75, 3.05) is 11.9 Å². The highest BCUT2D eigenvalue weighted by molar-refractivity contribution is 9.09. The summed E-state index contributed by atoms with van der Waals surface area (Å²) in [7, 11) is 1.81. The lowest BCUT2D eigenvalue weighted by Gasteiger charge is -2.13. The van der Waals surface area contributed by atoms with Gasteiger partial charge in [0.1, 0.15) is 5.69 Å². The second-order valence-electron chi connectivity index (χ2n) is 4.66. The summed E-state index contributed by atoms with van der Waals surface area (Å²) in [5.74, 6) is -0.349. The summed E-state index contributed by atoms with van der Waals surface area (Å²) >= 11 is 9.60. The Kier molecular flexibility index (Phi) is 5.97. The zero-order chi connectivity index (χ0) is 16.1. The summed E-state index contributed by atoms with van der Waals surface area (Å²) in [6, 6.07) is 0. The first-order valence-corrected chi connectivity index (χ1v) is 8.47. The smallest absolute Gasteiger partial charge is 0.339 e. The van der Waals surface area contributed by atoms with E-state index in [1.807, 2.05) is 19.2 Å². The summed E-state index contributed by atoms with van der Waals surface area (Å²) in [5.41, 5.74) is 2.59. The first-order valence-electron chi connectivity index (χ1n) is 6.97. The van der Waals surface area contributed by atoms with Gasteiger partial charge in [-0.1, -0.05) is 39.7 Å². The van der Waals surface area contributed by atoms with E-state index < -0.39 is 0 Å². The predicted molar refractivity (Wildman–Crippen MR) is 91.4 cm³/mol. The van der Waals surface area contributed by atoms with E-state index in [1.165, 1.54) is 0 Å². The molecule has 5 nitrogen and oxygen atoms in total. The van der Waals surface area contributed by atoms with Crippen LogP contribution in [0.5, 0.6) is 0 Å². The van der Waals surface area contributed by atoms with Gasteiger partial charge in [-0.05, 0) is 19.8 Å². The predicted octanol–water partition coefficient (Wildman–Crippen LogP) is 3.53. The number of halogens is 2. The van der Waals surface area contributed by atoms with E-state index in [4.69, 9.17) is 16.3 Å². The Hall–Kier alpha value is -1.40. The summed E-state index contributed by atoms with van der Waals surface area (Å²) in [6.07, 6.45) is 6.96. The molecule has 0 radical (unpaired) electrons. The van der Waals surface area contributed by atoms with Crippen LogP contribution in [0.3, 0.4) is 0 Å². The zero-order valence-electron chi connectivity index (χ0n) is 12.5. The molecule has 0 fully saturated rings. The van der Waals surface area contributed by atoms with Crippen LogP contribution < -0.4 is 0 Å². The number of allylic oxidation sites excluding steroid dienone is 2. The maximum atomic E-state index is 12.1. The van der Waals surface area contributed by atoms with Gasteiger partial charge in [0.25, 0.3) is 0 Å². The largest absolute Gasteiger partial charge is 0.462 e. The number of ether oxygens (including phenoxy) is 1. The second kappa shape index (κ2) is 7.74. The lowest BCUT2D eigenvalue weighted by atomic mass is 10.1. The molecular formula is C15H17BrClN3O2. The summed E-state index contributed by atoms with van der Waals surface area (Å²) < 4.78 is 6.79. The zero-order valence-corrected chi connectivity index (χ0v) is 14.8. The molecule has 0 aromatic carbocycles. The van der Waals surface area contributed by atoms with Crippen LogP contribution in [0.15, 0.2) is 28.9 Å². The van der Waals surface area contributed by atoms with Crippen LogP contribution >= 0.6 is 27.5 Å². The van der Waals surface area contributed by atoms with E-state index >= 15 is 0 Å². The van der Waals surface area contributed by atoms with Gasteiger partial charge in [-0.25, -0.2) is 9.79 Å². The van der Waals surface area contributed by atoms with Crippen molar-refractivity contribution in [1.29, 1.82) is 0 Å². The van der Waals surface area contributed by atoms with Gasteiger partial charge in [0.15, 0.2) is 0 Å². The van der Waals surface area contributed by atoms with Crippen LogP contribution in [0, 0.1) is 0 Å². The van der Waals surface area contributed by atoms with Gasteiger partial charge in [0.05, 0.1) is 34.8 Å². The van der Waals surface area contributed by atoms with Crippen molar-refractivity contribution in [3.63, 3.8) is 0 Å². The number of aryl methyl sites for hydroxylation is 1. The van der Waals surface area contributed by atoms with Crippen molar-refractivity contribution >= 4 is 44.9 Å². The highest BCUT2D eigenvalue weighted by Crippen LogP contribution is 2.27. The Morgan fingerprint density at radius 2 is 2.18 bits per heavy atom. The van der Waals surface area contributed by atoms with Crippen molar-refractivity contribution in [2.45, 2.75) is 19.8 Å². The molecule has 0 spiro atoms. The molecule has 0 saturated carbocycles. The van der Waals surface area contributed by atoms with E-state index in [0.29, 0.717) is 33.9 Å². The lowest BCUT2D eigenvalue weighted by molar-refractivity contribution is -0.137. The minimum absolute atomic E-state index is 0.335. The second-order valence-corrected chi connectivity index (χ2v) is 5.63. The maximum Gasteiger partial charge on any atom is 0.339 e. The number of aliphatic imine (C=N–C) groups is 1. The normalized spacial score (nSPS) is 15.4. The third-order valence-electron chi connectivity index (χ3n) is 3.18. The first kappa shape index (κ1) is 17.0. The number of alkyl halides is 1. The third kappa shape index (κ3) is 3.67. The van der Waals surface area contributed by atoms with Crippen LogP contribution in [0.25, 0.3) is 5.70 Å². The van der Waals surface area contributed by atoms with Crippen LogP contribution in [0.2, 0.25) is 5.02 Å². The Balaban J connectivity index is 2.45. The van der Waals surface area contributed by atoms with E-state index in [-0.39, 0.29) is 5.97 Å². The maximum absolute atomic E-state index is 12.1. The van der Waals surface area contributed by atoms with Gasteiger partial charge in [-0.2, -0.15) is 5.10 Å². The molecular weight excluding hydrogens is 370 g/mol. The molecule has 0 aliphatic carbocycles.